The molecule has 0 aliphatic heterocycles. The lowest BCUT2D eigenvalue weighted by Gasteiger charge is -2.32. The van der Waals surface area contributed by atoms with Gasteiger partial charge in [-0.15, -0.1) is 0 Å². The zero-order valence-electron chi connectivity index (χ0n) is 38.0. The molecule has 6 nitrogen and oxygen atoms in total. The molecule has 328 valence electrons. The van der Waals surface area contributed by atoms with Gasteiger partial charge in [0.2, 0.25) is 0 Å². The molecule has 0 fully saturated rings. The maximum absolute atomic E-state index is 13.3. The predicted molar refractivity (Wildman–Crippen MR) is 270 cm³/mol. The van der Waals surface area contributed by atoms with Gasteiger partial charge in [-0.05, 0) is 144 Å². The lowest BCUT2D eigenvalue weighted by Crippen LogP contribution is -2.38. The number of hydrogen-bond acceptors (Lipinski definition) is 6. The van der Waals surface area contributed by atoms with Crippen molar-refractivity contribution in [2.24, 2.45) is 0 Å². The summed E-state index contributed by atoms with van der Waals surface area (Å²) < 4.78 is 17.6. The number of carbonyl (C=O) groups excluding carboxylic acids is 3. The second kappa shape index (κ2) is 16.3. The standard InChI is InChI=1S/C59H49ClO6/c1-32(2)55(61)64-30-59(31-65-56(62)33(3)4)50-27-38(43-23-39-13-12-37(26-49(39)52(60)29-43)35(7)66-57(63)34(5)6)16-20-46(50)47-21-17-40(28-51(47)59)45-19-15-36-11-14-41-24-44(58(8,9)10)25-42-18-22-48(45)54(36)53(41)42/h11-29H,1,3,5,7,30-31H2,2,4,6,8-10H3. The summed E-state index contributed by atoms with van der Waals surface area (Å²) in [6.07, 6.45) is 0. The summed E-state index contributed by atoms with van der Waals surface area (Å²) >= 11 is 7.03. The molecule has 0 saturated carbocycles. The Morgan fingerprint density at radius 2 is 1.06 bits per heavy atom. The average molecular weight is 889 g/mol. The molecule has 0 heterocycles. The quantitative estimate of drug-likeness (QED) is 0.0423. The van der Waals surface area contributed by atoms with Crippen molar-refractivity contribution in [2.75, 3.05) is 13.2 Å². The molecule has 0 N–H and O–H groups in total. The van der Waals surface area contributed by atoms with Gasteiger partial charge in [0.05, 0.1) is 5.41 Å². The van der Waals surface area contributed by atoms with Crippen molar-refractivity contribution in [1.82, 2.24) is 0 Å². The van der Waals surface area contributed by atoms with Crippen LogP contribution in [0.3, 0.4) is 0 Å². The first-order chi connectivity index (χ1) is 31.3. The molecule has 1 aliphatic rings. The second-order valence-corrected chi connectivity index (χ2v) is 19.1. The van der Waals surface area contributed by atoms with Crippen LogP contribution in [-0.4, -0.2) is 31.1 Å². The van der Waals surface area contributed by atoms with Crippen LogP contribution in [-0.2, 0) is 39.4 Å². The fourth-order valence-corrected chi connectivity index (χ4v) is 9.51. The van der Waals surface area contributed by atoms with E-state index in [4.69, 9.17) is 25.8 Å². The fourth-order valence-electron chi connectivity index (χ4n) is 9.23. The maximum atomic E-state index is 13.3. The minimum atomic E-state index is -1.14. The zero-order chi connectivity index (χ0) is 47.0. The van der Waals surface area contributed by atoms with Crippen molar-refractivity contribution in [1.29, 1.82) is 0 Å². The van der Waals surface area contributed by atoms with Crippen molar-refractivity contribution in [3.8, 4) is 33.4 Å². The smallest absolute Gasteiger partial charge is 0.338 e. The average Bonchev–Trinajstić information content (AvgIpc) is 3.56. The number of benzene rings is 8. The van der Waals surface area contributed by atoms with Crippen LogP contribution in [0.4, 0.5) is 0 Å². The molecule has 0 atom stereocenters. The Bertz CT molecular complexity index is 3400. The van der Waals surface area contributed by atoms with Crippen molar-refractivity contribution in [3.63, 3.8) is 0 Å². The molecule has 1 aliphatic carbocycles. The van der Waals surface area contributed by atoms with E-state index >= 15 is 0 Å². The molecule has 0 bridgehead atoms. The summed E-state index contributed by atoms with van der Waals surface area (Å²) in [6, 6.07) is 40.0. The molecule has 0 spiro atoms. The van der Waals surface area contributed by atoms with E-state index in [1.165, 1.54) is 27.1 Å². The molecule has 0 saturated heterocycles. The third-order valence-corrected chi connectivity index (χ3v) is 13.2. The Morgan fingerprint density at radius 1 is 0.530 bits per heavy atom. The Hall–Kier alpha value is -7.28. The first kappa shape index (κ1) is 43.9. The first-order valence-electron chi connectivity index (χ1n) is 21.8. The second-order valence-electron chi connectivity index (χ2n) is 18.7. The summed E-state index contributed by atoms with van der Waals surface area (Å²) in [5.74, 6) is -1.47. The molecule has 0 amide bonds. The van der Waals surface area contributed by atoms with E-state index < -0.39 is 23.3 Å². The zero-order valence-corrected chi connectivity index (χ0v) is 38.8. The number of carbonyl (C=O) groups is 3. The van der Waals surface area contributed by atoms with Crippen LogP contribution in [0.5, 0.6) is 0 Å². The minimum Gasteiger partial charge on any atom is -0.461 e. The summed E-state index contributed by atoms with van der Waals surface area (Å²) in [4.78, 5) is 38.8. The van der Waals surface area contributed by atoms with Gasteiger partial charge in [-0.2, -0.15) is 0 Å². The summed E-state index contributed by atoms with van der Waals surface area (Å²) in [6.45, 7) is 26.6. The largest absolute Gasteiger partial charge is 0.461 e. The SMILES string of the molecule is C=C(C)C(=O)OCC1(COC(=O)C(=C)C)c2cc(-c3cc(Cl)c4cc(C(=C)OC(=O)C(=C)C)ccc4c3)ccc2-c2ccc(-c3ccc4ccc5cc(C(C)(C)C)cc6ccc3c4c56)cc21. The van der Waals surface area contributed by atoms with Crippen LogP contribution in [0, 0.1) is 0 Å². The van der Waals surface area contributed by atoms with Crippen LogP contribution in [0.15, 0.2) is 158 Å². The highest BCUT2D eigenvalue weighted by Crippen LogP contribution is 2.53. The number of fused-ring (bicyclic) bond motifs is 4. The van der Waals surface area contributed by atoms with Gasteiger partial charge in [-0.25, -0.2) is 14.4 Å². The molecule has 66 heavy (non-hydrogen) atoms. The third-order valence-electron chi connectivity index (χ3n) is 12.9. The van der Waals surface area contributed by atoms with Crippen molar-refractivity contribution < 1.29 is 28.6 Å². The van der Waals surface area contributed by atoms with Gasteiger partial charge in [-0.3, -0.25) is 0 Å². The molecular weight excluding hydrogens is 840 g/mol. The summed E-state index contributed by atoms with van der Waals surface area (Å²) in [7, 11) is 0. The highest BCUT2D eigenvalue weighted by Gasteiger charge is 2.46. The van der Waals surface area contributed by atoms with Gasteiger partial charge in [0.1, 0.15) is 19.0 Å². The van der Waals surface area contributed by atoms with Gasteiger partial charge >= 0.3 is 17.9 Å². The minimum absolute atomic E-state index is 0.00332. The molecule has 8 aromatic rings. The van der Waals surface area contributed by atoms with Crippen molar-refractivity contribution >= 4 is 78.4 Å². The van der Waals surface area contributed by atoms with Crippen LogP contribution in [0.1, 0.15) is 63.8 Å². The topological polar surface area (TPSA) is 78.9 Å². The normalized spacial score (nSPS) is 12.8. The predicted octanol–water partition coefficient (Wildman–Crippen LogP) is 14.6. The number of rotatable bonds is 11. The maximum Gasteiger partial charge on any atom is 0.338 e. The molecule has 0 aromatic heterocycles. The number of ether oxygens (including phenoxy) is 3. The van der Waals surface area contributed by atoms with E-state index in [1.807, 2.05) is 36.4 Å². The van der Waals surface area contributed by atoms with Gasteiger partial charge < -0.3 is 14.2 Å². The molecule has 7 heteroatoms. The van der Waals surface area contributed by atoms with E-state index in [-0.39, 0.29) is 41.1 Å². The fraction of sp³-hybridized carbons (Fsp3) is 0.169. The highest BCUT2D eigenvalue weighted by molar-refractivity contribution is 6.36. The van der Waals surface area contributed by atoms with Crippen LogP contribution < -0.4 is 0 Å². The van der Waals surface area contributed by atoms with Gasteiger partial charge in [0.25, 0.3) is 0 Å². The van der Waals surface area contributed by atoms with E-state index in [0.717, 1.165) is 66.1 Å². The third kappa shape index (κ3) is 7.55. The van der Waals surface area contributed by atoms with Gasteiger partial charge in [-0.1, -0.05) is 144 Å². The van der Waals surface area contributed by atoms with Crippen LogP contribution in [0.25, 0.3) is 82.2 Å². The van der Waals surface area contributed by atoms with Crippen molar-refractivity contribution in [2.45, 2.75) is 52.4 Å². The molecule has 0 radical (unpaired) electrons. The molecule has 9 rings (SSSR count). The lowest BCUT2D eigenvalue weighted by molar-refractivity contribution is -0.144. The molecule has 0 unspecified atom stereocenters. The Labute approximate surface area is 389 Å². The Morgan fingerprint density at radius 3 is 1.67 bits per heavy atom. The number of esters is 3. The first-order valence-corrected chi connectivity index (χ1v) is 22.2. The van der Waals surface area contributed by atoms with Crippen LogP contribution in [0.2, 0.25) is 5.02 Å². The summed E-state index contributed by atoms with van der Waals surface area (Å²) in [5, 5.41) is 9.22. The van der Waals surface area contributed by atoms with E-state index in [9.17, 15) is 14.4 Å². The van der Waals surface area contributed by atoms with Crippen molar-refractivity contribution in [3.05, 3.63) is 186 Å². The Balaban J connectivity index is 1.20. The van der Waals surface area contributed by atoms with Gasteiger partial charge in [0.15, 0.2) is 0 Å². The molecule has 8 aromatic carbocycles. The van der Waals surface area contributed by atoms with E-state index in [2.05, 4.69) is 126 Å². The summed E-state index contributed by atoms with van der Waals surface area (Å²) in [5.41, 5.74) is 8.74. The Kier molecular flexibility index (Phi) is 10.9. The van der Waals surface area contributed by atoms with Crippen LogP contribution >= 0.6 is 11.6 Å². The van der Waals surface area contributed by atoms with E-state index in [0.29, 0.717) is 10.6 Å². The van der Waals surface area contributed by atoms with E-state index in [1.54, 1.807) is 20.8 Å². The number of halogens is 1. The monoisotopic (exact) mass is 888 g/mol. The van der Waals surface area contributed by atoms with Gasteiger partial charge in [0, 0.05) is 32.7 Å². The molecular formula is C59H49ClO6. The highest BCUT2D eigenvalue weighted by atomic mass is 35.5. The lowest BCUT2D eigenvalue weighted by atomic mass is 9.77. The number of hydrogen-bond donors (Lipinski definition) is 0.